The zero-order chi connectivity index (χ0) is 27.8. The molecule has 2 heterocycles. The number of aryl methyl sites for hydroxylation is 2. The van der Waals surface area contributed by atoms with E-state index in [1.54, 1.807) is 12.1 Å². The largest absolute Gasteiger partial charge is 0.469 e. The molecule has 0 spiro atoms. The first-order chi connectivity index (χ1) is 18.9. The lowest BCUT2D eigenvalue weighted by Gasteiger charge is -2.16. The van der Waals surface area contributed by atoms with E-state index < -0.39 is 5.97 Å². The topological polar surface area (TPSA) is 101 Å². The molecule has 4 rings (SSSR count). The Morgan fingerprint density at radius 2 is 1.62 bits per heavy atom. The molecular weight excluding hydrogens is 496 g/mol. The van der Waals surface area contributed by atoms with Crippen LogP contribution in [0, 0.1) is 6.92 Å². The van der Waals surface area contributed by atoms with E-state index in [0.717, 1.165) is 47.2 Å². The van der Waals surface area contributed by atoms with Gasteiger partial charge in [-0.25, -0.2) is 14.6 Å². The van der Waals surface area contributed by atoms with Gasteiger partial charge in [-0.05, 0) is 48.6 Å². The zero-order valence-electron chi connectivity index (χ0n) is 22.7. The van der Waals surface area contributed by atoms with E-state index >= 15 is 0 Å². The van der Waals surface area contributed by atoms with Gasteiger partial charge >= 0.3 is 11.9 Å². The molecule has 8 nitrogen and oxygen atoms in total. The van der Waals surface area contributed by atoms with Gasteiger partial charge in [-0.15, -0.1) is 0 Å². The summed E-state index contributed by atoms with van der Waals surface area (Å²) in [7, 11) is 2.70. The van der Waals surface area contributed by atoms with Crippen LogP contribution in [0.25, 0.3) is 11.1 Å². The van der Waals surface area contributed by atoms with Crippen LogP contribution in [0.3, 0.4) is 0 Å². The third-order valence-electron chi connectivity index (χ3n) is 6.40. The van der Waals surface area contributed by atoms with Crippen molar-refractivity contribution in [3.8, 4) is 17.0 Å². The molecule has 0 aliphatic carbocycles. The van der Waals surface area contributed by atoms with Crippen LogP contribution in [0.5, 0.6) is 5.88 Å². The van der Waals surface area contributed by atoms with Crippen molar-refractivity contribution in [2.75, 3.05) is 14.2 Å². The fourth-order valence-corrected chi connectivity index (χ4v) is 4.38. The van der Waals surface area contributed by atoms with Crippen molar-refractivity contribution in [1.82, 2.24) is 9.97 Å². The fraction of sp³-hybridized carbons (Fsp3) is 0.290. The van der Waals surface area contributed by atoms with Crippen molar-refractivity contribution < 1.29 is 28.2 Å². The molecule has 0 fully saturated rings. The number of unbranched alkanes of at least 4 members (excludes halogenated alkanes) is 1. The lowest BCUT2D eigenvalue weighted by atomic mass is 9.96. The second-order valence-electron chi connectivity index (χ2n) is 9.05. The number of furan rings is 1. The minimum atomic E-state index is -0.487. The van der Waals surface area contributed by atoms with Crippen LogP contribution in [0.1, 0.15) is 68.9 Å². The van der Waals surface area contributed by atoms with Crippen LogP contribution in [0.2, 0.25) is 0 Å². The molecule has 0 aliphatic heterocycles. The van der Waals surface area contributed by atoms with Crippen molar-refractivity contribution in [2.45, 2.75) is 46.1 Å². The van der Waals surface area contributed by atoms with Gasteiger partial charge < -0.3 is 18.6 Å². The van der Waals surface area contributed by atoms with Crippen LogP contribution in [-0.4, -0.2) is 36.1 Å². The molecule has 0 atom stereocenters. The number of carbonyl (C=O) groups excluding carboxylic acids is 2. The predicted molar refractivity (Wildman–Crippen MR) is 146 cm³/mol. The summed E-state index contributed by atoms with van der Waals surface area (Å²) in [5.74, 6) is 0.579. The van der Waals surface area contributed by atoms with Gasteiger partial charge in [0.25, 0.3) is 0 Å². The summed E-state index contributed by atoms with van der Waals surface area (Å²) in [6, 6.07) is 17.0. The summed E-state index contributed by atoms with van der Waals surface area (Å²) in [6.07, 6.45) is 4.79. The van der Waals surface area contributed by atoms with Crippen molar-refractivity contribution in [3.63, 3.8) is 0 Å². The van der Waals surface area contributed by atoms with Crippen LogP contribution in [-0.2, 0) is 28.9 Å². The maximum absolute atomic E-state index is 12.2. The summed E-state index contributed by atoms with van der Waals surface area (Å²) in [4.78, 5) is 33.6. The van der Waals surface area contributed by atoms with Gasteiger partial charge in [0.05, 0.1) is 31.7 Å². The molecular formula is C31H32N2O6. The SMILES string of the molecule is CCCCc1nc(C)nc(OCc2occc2C(=O)OC)c1Cc1ccc(-c2ccccc2C(=O)OC)cc1. The van der Waals surface area contributed by atoms with E-state index in [-0.39, 0.29) is 12.6 Å². The lowest BCUT2D eigenvalue weighted by Crippen LogP contribution is -2.10. The number of esters is 2. The molecule has 0 saturated heterocycles. The maximum Gasteiger partial charge on any atom is 0.341 e. The average molecular weight is 529 g/mol. The summed E-state index contributed by atoms with van der Waals surface area (Å²) < 4.78 is 21.4. The number of ether oxygens (including phenoxy) is 3. The molecule has 0 amide bonds. The van der Waals surface area contributed by atoms with Gasteiger partial charge in [-0.2, -0.15) is 4.98 Å². The van der Waals surface area contributed by atoms with Gasteiger partial charge in [0.2, 0.25) is 5.88 Å². The highest BCUT2D eigenvalue weighted by molar-refractivity contribution is 5.97. The monoisotopic (exact) mass is 528 g/mol. The minimum Gasteiger partial charge on any atom is -0.469 e. The highest BCUT2D eigenvalue weighted by Gasteiger charge is 2.20. The molecule has 8 heteroatoms. The molecule has 0 aliphatic rings. The van der Waals surface area contributed by atoms with Crippen LogP contribution in [0.15, 0.2) is 65.3 Å². The van der Waals surface area contributed by atoms with E-state index in [1.165, 1.54) is 20.5 Å². The molecule has 202 valence electrons. The molecule has 0 radical (unpaired) electrons. The van der Waals surface area contributed by atoms with Crippen molar-refractivity contribution in [1.29, 1.82) is 0 Å². The Labute approximate surface area is 228 Å². The Morgan fingerprint density at radius 3 is 2.33 bits per heavy atom. The Morgan fingerprint density at radius 1 is 0.897 bits per heavy atom. The maximum atomic E-state index is 12.2. The highest BCUT2D eigenvalue weighted by Crippen LogP contribution is 2.29. The Bertz CT molecular complexity index is 1440. The minimum absolute atomic E-state index is 0.0252. The summed E-state index contributed by atoms with van der Waals surface area (Å²) >= 11 is 0. The molecule has 0 unspecified atom stereocenters. The molecule has 2 aromatic heterocycles. The van der Waals surface area contributed by atoms with Gasteiger partial charge in [0.15, 0.2) is 5.76 Å². The zero-order valence-corrected chi connectivity index (χ0v) is 22.7. The second-order valence-corrected chi connectivity index (χ2v) is 9.05. The van der Waals surface area contributed by atoms with Gasteiger partial charge in [-0.3, -0.25) is 0 Å². The van der Waals surface area contributed by atoms with E-state index in [1.807, 2.05) is 49.4 Å². The van der Waals surface area contributed by atoms with Crippen LogP contribution in [0.4, 0.5) is 0 Å². The van der Waals surface area contributed by atoms with E-state index in [2.05, 4.69) is 11.9 Å². The normalized spacial score (nSPS) is 10.8. The summed E-state index contributed by atoms with van der Waals surface area (Å²) in [5.41, 5.74) is 5.42. The summed E-state index contributed by atoms with van der Waals surface area (Å²) in [6.45, 7) is 4.00. The van der Waals surface area contributed by atoms with Gasteiger partial charge in [0.1, 0.15) is 18.0 Å². The highest BCUT2D eigenvalue weighted by atomic mass is 16.5. The number of nitrogens with zero attached hydrogens (tertiary/aromatic N) is 2. The molecule has 4 aromatic rings. The number of rotatable bonds is 11. The average Bonchev–Trinajstić information content (AvgIpc) is 3.44. The van der Waals surface area contributed by atoms with Crippen molar-refractivity contribution in [2.24, 2.45) is 0 Å². The molecule has 0 N–H and O–H groups in total. The quantitative estimate of drug-likeness (QED) is 0.214. The van der Waals surface area contributed by atoms with Crippen LogP contribution < -0.4 is 4.74 Å². The fourth-order valence-electron chi connectivity index (χ4n) is 4.38. The first kappa shape index (κ1) is 27.6. The molecule has 0 bridgehead atoms. The third kappa shape index (κ3) is 6.52. The predicted octanol–water partition coefficient (Wildman–Crippen LogP) is 6.13. The van der Waals surface area contributed by atoms with E-state index in [9.17, 15) is 9.59 Å². The van der Waals surface area contributed by atoms with E-state index in [0.29, 0.717) is 35.0 Å². The van der Waals surface area contributed by atoms with E-state index in [4.69, 9.17) is 23.6 Å². The third-order valence-corrected chi connectivity index (χ3v) is 6.40. The standard InChI is InChI=1S/C31H32N2O6/c1-5-6-11-27-26(29(33-20(2)32-27)39-19-28-25(16-17-38-28)31(35)37-4)18-21-12-14-22(15-13-21)23-9-7-8-10-24(23)30(34)36-3/h7-10,12-17H,5-6,11,18-19H2,1-4H3. The van der Waals surface area contributed by atoms with Gasteiger partial charge in [-0.1, -0.05) is 55.8 Å². The smallest absolute Gasteiger partial charge is 0.341 e. The number of hydrogen-bond acceptors (Lipinski definition) is 8. The van der Waals surface area contributed by atoms with Crippen molar-refractivity contribution in [3.05, 3.63) is 100 Å². The van der Waals surface area contributed by atoms with Crippen LogP contribution >= 0.6 is 0 Å². The Kier molecular flexibility index (Phi) is 9.10. The molecule has 2 aromatic carbocycles. The number of aromatic nitrogens is 2. The van der Waals surface area contributed by atoms with Crippen molar-refractivity contribution >= 4 is 11.9 Å². The Balaban J connectivity index is 1.64. The summed E-state index contributed by atoms with van der Waals surface area (Å²) in [5, 5.41) is 0. The number of hydrogen-bond donors (Lipinski definition) is 0. The molecule has 0 saturated carbocycles. The Hall–Kier alpha value is -4.46. The number of carbonyl (C=O) groups is 2. The van der Waals surface area contributed by atoms with Gasteiger partial charge in [0, 0.05) is 12.0 Å². The first-order valence-electron chi connectivity index (χ1n) is 12.9. The first-order valence-corrected chi connectivity index (χ1v) is 12.9. The molecule has 39 heavy (non-hydrogen) atoms. The number of benzene rings is 2. The lowest BCUT2D eigenvalue weighted by molar-refractivity contribution is 0.0589. The second kappa shape index (κ2) is 12.9. The number of methoxy groups -OCH3 is 2.